The lowest BCUT2D eigenvalue weighted by Crippen LogP contribution is -2.49. The second kappa shape index (κ2) is 12.5. The fourth-order valence-corrected chi connectivity index (χ4v) is 4.47. The van der Waals surface area contributed by atoms with Crippen LogP contribution in [0.1, 0.15) is 13.8 Å². The number of rotatable bonds is 8. The van der Waals surface area contributed by atoms with Crippen molar-refractivity contribution in [1.82, 2.24) is 20.4 Å². The van der Waals surface area contributed by atoms with E-state index in [4.69, 9.17) is 4.74 Å². The topological polar surface area (TPSA) is 106 Å². The molecule has 9 nitrogen and oxygen atoms in total. The molecule has 11 heteroatoms. The predicted octanol–water partition coefficient (Wildman–Crippen LogP) is -1.03. The average molecular weight is 533 g/mol. The molecule has 0 aromatic heterocycles. The molecule has 2 aliphatic rings. The monoisotopic (exact) mass is 533 g/mol. The summed E-state index contributed by atoms with van der Waals surface area (Å²) in [5.41, 5.74) is -0.902. The summed E-state index contributed by atoms with van der Waals surface area (Å²) < 4.78 is 28.3. The minimum absolute atomic E-state index is 0. The van der Waals surface area contributed by atoms with Crippen molar-refractivity contribution in [3.63, 3.8) is 0 Å². The van der Waals surface area contributed by atoms with Gasteiger partial charge in [0.25, 0.3) is 0 Å². The van der Waals surface area contributed by atoms with Crippen LogP contribution in [0.5, 0.6) is 0 Å². The minimum atomic E-state index is -2.84. The van der Waals surface area contributed by atoms with Crippen LogP contribution in [0.15, 0.2) is 4.99 Å². The van der Waals surface area contributed by atoms with E-state index in [2.05, 4.69) is 25.4 Å². The van der Waals surface area contributed by atoms with Crippen molar-refractivity contribution in [2.24, 2.45) is 4.99 Å². The first-order chi connectivity index (χ1) is 12.8. The summed E-state index contributed by atoms with van der Waals surface area (Å²) in [5, 5.41) is 17.1. The second-order valence-corrected chi connectivity index (χ2v) is 9.80. The fourth-order valence-electron chi connectivity index (χ4n) is 3.19. The maximum absolute atomic E-state index is 11.5. The third-order valence-corrected chi connectivity index (χ3v) is 6.36. The van der Waals surface area contributed by atoms with Gasteiger partial charge in [-0.1, -0.05) is 0 Å². The maximum atomic E-state index is 11.5. The van der Waals surface area contributed by atoms with Crippen LogP contribution >= 0.6 is 24.0 Å². The van der Waals surface area contributed by atoms with Crippen molar-refractivity contribution in [3.8, 4) is 0 Å². The van der Waals surface area contributed by atoms with Crippen molar-refractivity contribution in [1.29, 1.82) is 0 Å². The molecule has 0 amide bonds. The quantitative estimate of drug-likeness (QED) is 0.207. The normalized spacial score (nSPS) is 23.5. The Morgan fingerprint density at radius 1 is 1.14 bits per heavy atom. The van der Waals surface area contributed by atoms with E-state index in [-0.39, 0.29) is 35.5 Å². The largest absolute Gasteiger partial charge is 0.387 e. The van der Waals surface area contributed by atoms with Crippen LogP contribution in [-0.4, -0.2) is 119 Å². The van der Waals surface area contributed by atoms with Crippen LogP contribution in [0.3, 0.4) is 0 Å². The highest BCUT2D eigenvalue weighted by atomic mass is 127. The first-order valence-electron chi connectivity index (χ1n) is 9.77. The van der Waals surface area contributed by atoms with Crippen LogP contribution in [0, 0.1) is 0 Å². The SMILES string of the molecule is CCNC(=NCC(C)(O)CN1CCOCC1)NCCN1CCS(=O)(=O)CC1.I. The van der Waals surface area contributed by atoms with E-state index in [0.29, 0.717) is 51.9 Å². The summed E-state index contributed by atoms with van der Waals surface area (Å²) in [4.78, 5) is 8.87. The Labute approximate surface area is 186 Å². The molecule has 1 atom stereocenters. The third-order valence-electron chi connectivity index (χ3n) is 4.75. The van der Waals surface area contributed by atoms with Gasteiger partial charge in [-0.2, -0.15) is 0 Å². The summed E-state index contributed by atoms with van der Waals surface area (Å²) in [6.45, 7) is 11.1. The lowest BCUT2D eigenvalue weighted by atomic mass is 10.1. The number of nitrogens with one attached hydrogen (secondary N) is 2. The first-order valence-corrected chi connectivity index (χ1v) is 11.6. The van der Waals surface area contributed by atoms with Crippen molar-refractivity contribution in [2.75, 3.05) is 83.6 Å². The maximum Gasteiger partial charge on any atom is 0.191 e. The molecule has 0 radical (unpaired) electrons. The summed E-state index contributed by atoms with van der Waals surface area (Å²) in [5.74, 6) is 1.15. The van der Waals surface area contributed by atoms with E-state index in [1.54, 1.807) is 0 Å². The number of aliphatic imine (C=N–C) groups is 1. The number of guanidine groups is 1. The van der Waals surface area contributed by atoms with Crippen LogP contribution in [-0.2, 0) is 14.6 Å². The van der Waals surface area contributed by atoms with Gasteiger partial charge in [0, 0.05) is 52.4 Å². The van der Waals surface area contributed by atoms with E-state index in [1.807, 2.05) is 13.8 Å². The number of hydrogen-bond donors (Lipinski definition) is 3. The fraction of sp³-hybridized carbons (Fsp3) is 0.941. The standard InChI is InChI=1S/C17H35N5O4S.HI/c1-3-18-16(19-4-5-21-8-12-27(24,25)13-9-21)20-14-17(2,23)15-22-6-10-26-11-7-22;/h23H,3-15H2,1-2H3,(H2,18,19,20);1H. The van der Waals surface area contributed by atoms with Gasteiger partial charge in [0.1, 0.15) is 0 Å². The van der Waals surface area contributed by atoms with E-state index in [9.17, 15) is 13.5 Å². The Bertz CT molecular complexity index is 568. The van der Waals surface area contributed by atoms with Gasteiger partial charge in [0.15, 0.2) is 15.8 Å². The Balaban J connectivity index is 0.00000392. The molecule has 2 aliphatic heterocycles. The van der Waals surface area contributed by atoms with Gasteiger partial charge in [0.2, 0.25) is 0 Å². The number of morpholine rings is 1. The number of ether oxygens (including phenoxy) is 1. The number of halogens is 1. The summed E-state index contributed by atoms with van der Waals surface area (Å²) in [6.07, 6.45) is 0. The van der Waals surface area contributed by atoms with Gasteiger partial charge in [-0.3, -0.25) is 14.8 Å². The lowest BCUT2D eigenvalue weighted by Gasteiger charge is -2.33. The lowest BCUT2D eigenvalue weighted by molar-refractivity contribution is -0.0180. The van der Waals surface area contributed by atoms with Crippen molar-refractivity contribution >= 4 is 39.8 Å². The molecule has 166 valence electrons. The smallest absolute Gasteiger partial charge is 0.191 e. The molecule has 0 aromatic rings. The Hall–Kier alpha value is -0.210. The van der Waals surface area contributed by atoms with E-state index in [0.717, 1.165) is 26.2 Å². The Morgan fingerprint density at radius 2 is 1.79 bits per heavy atom. The second-order valence-electron chi connectivity index (χ2n) is 7.50. The highest BCUT2D eigenvalue weighted by Crippen LogP contribution is 2.09. The Morgan fingerprint density at radius 3 is 2.39 bits per heavy atom. The average Bonchev–Trinajstić information content (AvgIpc) is 2.61. The molecule has 0 bridgehead atoms. The van der Waals surface area contributed by atoms with E-state index >= 15 is 0 Å². The summed E-state index contributed by atoms with van der Waals surface area (Å²) in [7, 11) is -2.84. The van der Waals surface area contributed by atoms with Crippen LogP contribution in [0.4, 0.5) is 0 Å². The third kappa shape index (κ3) is 10.0. The minimum Gasteiger partial charge on any atom is -0.387 e. The molecule has 28 heavy (non-hydrogen) atoms. The highest BCUT2D eigenvalue weighted by molar-refractivity contribution is 14.0. The van der Waals surface area contributed by atoms with Gasteiger partial charge in [-0.15, -0.1) is 24.0 Å². The molecule has 0 aromatic carbocycles. The number of nitrogens with zero attached hydrogens (tertiary/aromatic N) is 3. The van der Waals surface area contributed by atoms with Crippen molar-refractivity contribution < 1.29 is 18.3 Å². The van der Waals surface area contributed by atoms with Gasteiger partial charge < -0.3 is 20.5 Å². The molecule has 0 saturated carbocycles. The number of hydrogen-bond acceptors (Lipinski definition) is 7. The molecule has 0 spiro atoms. The van der Waals surface area contributed by atoms with Gasteiger partial charge in [0.05, 0.1) is 36.9 Å². The molecule has 3 N–H and O–H groups in total. The van der Waals surface area contributed by atoms with Gasteiger partial charge in [-0.25, -0.2) is 8.42 Å². The zero-order chi connectivity index (χ0) is 19.8. The van der Waals surface area contributed by atoms with Gasteiger partial charge in [-0.05, 0) is 13.8 Å². The van der Waals surface area contributed by atoms with Crippen LogP contribution < -0.4 is 10.6 Å². The van der Waals surface area contributed by atoms with Gasteiger partial charge >= 0.3 is 0 Å². The van der Waals surface area contributed by atoms with Crippen LogP contribution in [0.25, 0.3) is 0 Å². The molecule has 2 saturated heterocycles. The molecular formula is C17H36IN5O4S. The van der Waals surface area contributed by atoms with Crippen molar-refractivity contribution in [3.05, 3.63) is 0 Å². The number of sulfone groups is 1. The molecule has 0 aliphatic carbocycles. The molecule has 1 unspecified atom stereocenters. The first kappa shape index (κ1) is 25.8. The number of β-amino-alcohol motifs (C(OH)–C–C–N with tert-alkyl or cyclic N) is 1. The Kier molecular flexibility index (Phi) is 11.5. The van der Waals surface area contributed by atoms with E-state index in [1.165, 1.54) is 0 Å². The van der Waals surface area contributed by atoms with Crippen LogP contribution in [0.2, 0.25) is 0 Å². The summed E-state index contributed by atoms with van der Waals surface area (Å²) >= 11 is 0. The highest BCUT2D eigenvalue weighted by Gasteiger charge is 2.25. The molecular weight excluding hydrogens is 497 g/mol. The van der Waals surface area contributed by atoms with Crippen molar-refractivity contribution in [2.45, 2.75) is 19.4 Å². The molecule has 2 heterocycles. The zero-order valence-corrected chi connectivity index (χ0v) is 20.2. The summed E-state index contributed by atoms with van der Waals surface area (Å²) in [6, 6.07) is 0. The molecule has 2 rings (SSSR count). The molecule has 2 fully saturated rings. The number of aliphatic hydroxyl groups is 1. The zero-order valence-electron chi connectivity index (χ0n) is 17.0. The predicted molar refractivity (Wildman–Crippen MR) is 122 cm³/mol. The van der Waals surface area contributed by atoms with E-state index < -0.39 is 15.4 Å².